The molecule has 3 heteroatoms. The summed E-state index contributed by atoms with van der Waals surface area (Å²) >= 11 is 9.78. The smallest absolute Gasteiger partial charge is 0.0465 e. The van der Waals surface area contributed by atoms with Gasteiger partial charge in [-0.2, -0.15) is 0 Å². The molecule has 1 atom stereocenters. The van der Waals surface area contributed by atoms with Crippen LogP contribution < -0.4 is 5.32 Å². The Morgan fingerprint density at radius 2 is 1.95 bits per heavy atom. The van der Waals surface area contributed by atoms with Gasteiger partial charge in [-0.25, -0.2) is 0 Å². The maximum absolute atomic E-state index is 6.34. The number of benzene rings is 2. The van der Waals surface area contributed by atoms with Crippen molar-refractivity contribution >= 4 is 27.5 Å². The molecule has 0 spiro atoms. The van der Waals surface area contributed by atoms with Crippen LogP contribution in [0.4, 0.5) is 0 Å². The Hall–Kier alpha value is -0.830. The van der Waals surface area contributed by atoms with Gasteiger partial charge in [0.15, 0.2) is 0 Å². The third-order valence-corrected chi connectivity index (χ3v) is 4.19. The van der Waals surface area contributed by atoms with Crippen molar-refractivity contribution in [2.45, 2.75) is 19.4 Å². The molecule has 2 rings (SSSR count). The number of hydrogen-bond donors (Lipinski definition) is 1. The zero-order chi connectivity index (χ0) is 13.8. The van der Waals surface area contributed by atoms with E-state index in [0.29, 0.717) is 0 Å². The van der Waals surface area contributed by atoms with Crippen molar-refractivity contribution in [3.63, 3.8) is 0 Å². The average molecular weight is 339 g/mol. The highest BCUT2D eigenvalue weighted by Gasteiger charge is 2.14. The van der Waals surface area contributed by atoms with E-state index < -0.39 is 0 Å². The van der Waals surface area contributed by atoms with Gasteiger partial charge in [-0.1, -0.05) is 57.9 Å². The van der Waals surface area contributed by atoms with Crippen LogP contribution in [0.2, 0.25) is 5.02 Å². The molecule has 19 heavy (non-hydrogen) atoms. The molecule has 1 unspecified atom stereocenters. The van der Waals surface area contributed by atoms with Crippen molar-refractivity contribution in [3.8, 4) is 0 Å². The van der Waals surface area contributed by atoms with Gasteiger partial charge in [-0.3, -0.25) is 0 Å². The largest absolute Gasteiger partial charge is 0.313 e. The molecule has 0 saturated carbocycles. The molecule has 2 aromatic carbocycles. The van der Waals surface area contributed by atoms with Crippen molar-refractivity contribution in [2.24, 2.45) is 0 Å². The molecule has 0 amide bonds. The maximum atomic E-state index is 6.34. The Labute approximate surface area is 128 Å². The molecule has 0 aliphatic carbocycles. The van der Waals surface area contributed by atoms with E-state index in [-0.39, 0.29) is 6.04 Å². The fourth-order valence-corrected chi connectivity index (χ4v) is 3.02. The van der Waals surface area contributed by atoms with Gasteiger partial charge in [0.2, 0.25) is 0 Å². The molecule has 0 radical (unpaired) electrons. The molecule has 1 nitrogen and oxygen atoms in total. The molecule has 2 aromatic rings. The van der Waals surface area contributed by atoms with Gasteiger partial charge >= 0.3 is 0 Å². The van der Waals surface area contributed by atoms with Crippen LogP contribution in [0.25, 0.3) is 0 Å². The number of rotatable bonds is 4. The highest BCUT2D eigenvalue weighted by atomic mass is 79.9. The van der Waals surface area contributed by atoms with Crippen molar-refractivity contribution in [3.05, 3.63) is 68.7 Å². The number of hydrogen-bond acceptors (Lipinski definition) is 1. The third kappa shape index (κ3) is 3.59. The van der Waals surface area contributed by atoms with Crippen LogP contribution >= 0.6 is 27.5 Å². The lowest BCUT2D eigenvalue weighted by Gasteiger charge is -2.19. The van der Waals surface area contributed by atoms with Crippen molar-refractivity contribution in [1.82, 2.24) is 5.32 Å². The second-order valence-electron chi connectivity index (χ2n) is 4.64. The van der Waals surface area contributed by atoms with Crippen LogP contribution in [0.5, 0.6) is 0 Å². The zero-order valence-corrected chi connectivity index (χ0v) is 13.4. The number of halogens is 2. The maximum Gasteiger partial charge on any atom is 0.0465 e. The van der Waals surface area contributed by atoms with Crippen molar-refractivity contribution in [2.75, 3.05) is 7.05 Å². The Bertz CT molecular complexity index is 568. The Balaban J connectivity index is 2.28. The van der Waals surface area contributed by atoms with Gasteiger partial charge in [0.25, 0.3) is 0 Å². The minimum Gasteiger partial charge on any atom is -0.313 e. The van der Waals surface area contributed by atoms with Gasteiger partial charge in [-0.05, 0) is 49.2 Å². The SMILES string of the molecule is CNC(Cc1ccccc1C)c1ccc(Br)cc1Cl. The van der Waals surface area contributed by atoms with Gasteiger partial charge in [0.05, 0.1) is 0 Å². The summed E-state index contributed by atoms with van der Waals surface area (Å²) < 4.78 is 1.01. The highest BCUT2D eigenvalue weighted by molar-refractivity contribution is 9.10. The Kier molecular flexibility index (Phi) is 5.03. The molecule has 0 saturated heterocycles. The molecule has 0 bridgehead atoms. The van der Waals surface area contributed by atoms with E-state index in [1.54, 1.807) is 0 Å². The van der Waals surface area contributed by atoms with Crippen LogP contribution in [-0.4, -0.2) is 7.05 Å². The summed E-state index contributed by atoms with van der Waals surface area (Å²) in [6.45, 7) is 2.14. The van der Waals surface area contributed by atoms with Gasteiger partial charge < -0.3 is 5.32 Å². The molecule has 0 aliphatic rings. The summed E-state index contributed by atoms with van der Waals surface area (Å²) in [6.07, 6.45) is 0.935. The Morgan fingerprint density at radius 1 is 1.21 bits per heavy atom. The summed E-state index contributed by atoms with van der Waals surface area (Å²) in [6, 6.07) is 14.7. The number of aryl methyl sites for hydroxylation is 1. The fraction of sp³-hybridized carbons (Fsp3) is 0.250. The highest BCUT2D eigenvalue weighted by Crippen LogP contribution is 2.29. The summed E-state index contributed by atoms with van der Waals surface area (Å²) in [5.74, 6) is 0. The van der Waals surface area contributed by atoms with Gasteiger partial charge in [0.1, 0.15) is 0 Å². The predicted octanol–water partition coefficient (Wildman–Crippen LogP) is 4.91. The summed E-state index contributed by atoms with van der Waals surface area (Å²) in [5, 5.41) is 4.15. The minimum atomic E-state index is 0.224. The monoisotopic (exact) mass is 337 g/mol. The number of likely N-dealkylation sites (N-methyl/N-ethyl adjacent to an activating group) is 1. The molecule has 100 valence electrons. The lowest BCUT2D eigenvalue weighted by atomic mass is 9.96. The molecule has 0 heterocycles. The van der Waals surface area contributed by atoms with E-state index in [4.69, 9.17) is 11.6 Å². The van der Waals surface area contributed by atoms with Crippen LogP contribution in [0, 0.1) is 6.92 Å². The topological polar surface area (TPSA) is 12.0 Å². The normalized spacial score (nSPS) is 12.4. The van der Waals surface area contributed by atoms with E-state index in [9.17, 15) is 0 Å². The molecule has 0 fully saturated rings. The summed E-state index contributed by atoms with van der Waals surface area (Å²) in [5.41, 5.74) is 3.80. The molecular formula is C16H17BrClN. The van der Waals surface area contributed by atoms with Gasteiger partial charge in [-0.15, -0.1) is 0 Å². The van der Waals surface area contributed by atoms with Crippen LogP contribution in [-0.2, 0) is 6.42 Å². The molecule has 0 aromatic heterocycles. The zero-order valence-electron chi connectivity index (χ0n) is 11.1. The van der Waals surface area contributed by atoms with Crippen LogP contribution in [0.3, 0.4) is 0 Å². The second kappa shape index (κ2) is 6.56. The Morgan fingerprint density at radius 3 is 2.58 bits per heavy atom. The summed E-state index contributed by atoms with van der Waals surface area (Å²) in [4.78, 5) is 0. The first kappa shape index (κ1) is 14.6. The van der Waals surface area contributed by atoms with Crippen molar-refractivity contribution < 1.29 is 0 Å². The molecule has 1 N–H and O–H groups in total. The standard InChI is InChI=1S/C16H17BrClN/c1-11-5-3-4-6-12(11)9-16(19-2)14-8-7-13(17)10-15(14)18/h3-8,10,16,19H,9H2,1-2H3. The van der Waals surface area contributed by atoms with Crippen molar-refractivity contribution in [1.29, 1.82) is 0 Å². The van der Waals surface area contributed by atoms with E-state index in [1.807, 2.05) is 19.2 Å². The number of nitrogens with one attached hydrogen (secondary N) is 1. The second-order valence-corrected chi connectivity index (χ2v) is 5.96. The van der Waals surface area contributed by atoms with Crippen LogP contribution in [0.15, 0.2) is 46.9 Å². The van der Waals surface area contributed by atoms with E-state index in [1.165, 1.54) is 11.1 Å². The predicted molar refractivity (Wildman–Crippen MR) is 85.8 cm³/mol. The summed E-state index contributed by atoms with van der Waals surface area (Å²) in [7, 11) is 1.97. The lowest BCUT2D eigenvalue weighted by Crippen LogP contribution is -2.19. The first-order valence-electron chi connectivity index (χ1n) is 6.28. The lowest BCUT2D eigenvalue weighted by molar-refractivity contribution is 0.591. The van der Waals surface area contributed by atoms with E-state index in [0.717, 1.165) is 21.5 Å². The molecular weight excluding hydrogens is 322 g/mol. The first-order chi connectivity index (χ1) is 9.11. The first-order valence-corrected chi connectivity index (χ1v) is 7.45. The van der Waals surface area contributed by atoms with Crippen LogP contribution in [0.1, 0.15) is 22.7 Å². The van der Waals surface area contributed by atoms with E-state index >= 15 is 0 Å². The van der Waals surface area contributed by atoms with E-state index in [2.05, 4.69) is 58.5 Å². The quantitative estimate of drug-likeness (QED) is 0.835. The third-order valence-electron chi connectivity index (χ3n) is 3.37. The molecule has 0 aliphatic heterocycles. The minimum absolute atomic E-state index is 0.224. The van der Waals surface area contributed by atoms with Gasteiger partial charge in [0, 0.05) is 15.5 Å². The average Bonchev–Trinajstić information content (AvgIpc) is 2.39. The fourth-order valence-electron chi connectivity index (χ4n) is 2.21.